The summed E-state index contributed by atoms with van der Waals surface area (Å²) in [4.78, 5) is 36.1. The predicted molar refractivity (Wildman–Crippen MR) is 123 cm³/mol. The smallest absolute Gasteiger partial charge is 0.407 e. The van der Waals surface area contributed by atoms with Crippen molar-refractivity contribution in [3.63, 3.8) is 0 Å². The van der Waals surface area contributed by atoms with Crippen LogP contribution < -0.4 is 10.6 Å². The van der Waals surface area contributed by atoms with E-state index in [1.165, 1.54) is 22.0 Å². The summed E-state index contributed by atoms with van der Waals surface area (Å²) in [5.74, 6) is -1.64. The average molecular weight is 460 g/mol. The van der Waals surface area contributed by atoms with Gasteiger partial charge in [-0.25, -0.2) is 9.59 Å². The third kappa shape index (κ3) is 4.00. The van der Waals surface area contributed by atoms with Crippen molar-refractivity contribution in [3.8, 4) is 11.1 Å². The second-order valence-corrected chi connectivity index (χ2v) is 8.63. The van der Waals surface area contributed by atoms with E-state index in [1.54, 1.807) is 7.05 Å². The molecule has 1 aromatic heterocycles. The lowest BCUT2D eigenvalue weighted by Crippen LogP contribution is -2.29. The summed E-state index contributed by atoms with van der Waals surface area (Å²) in [6.45, 7) is 0.541. The standard InChI is InChI=1S/C25H24N4O5/c1-29-22(20(12-27-29)24(31)32)28-23(30)19-10-14(19)11-26-25(33)34-13-21-17-8-4-2-6-15(17)16-7-3-5-9-18(16)21/h2-9,12,14,19,21H,10-11,13H2,1H3,(H,26,33)(H,28,30)(H,31,32)/t14-,19-/m0/s1. The summed E-state index contributed by atoms with van der Waals surface area (Å²) < 4.78 is 6.84. The molecule has 1 heterocycles. The molecule has 3 N–H and O–H groups in total. The second kappa shape index (κ2) is 8.66. The lowest BCUT2D eigenvalue weighted by atomic mass is 9.98. The minimum atomic E-state index is -1.16. The van der Waals surface area contributed by atoms with Gasteiger partial charge in [-0.1, -0.05) is 48.5 Å². The topological polar surface area (TPSA) is 123 Å². The first-order valence-corrected chi connectivity index (χ1v) is 11.1. The molecule has 9 nitrogen and oxygen atoms in total. The first-order valence-electron chi connectivity index (χ1n) is 11.1. The van der Waals surface area contributed by atoms with Crippen molar-refractivity contribution in [3.05, 3.63) is 71.4 Å². The zero-order chi connectivity index (χ0) is 23.8. The molecule has 3 aromatic rings. The van der Waals surface area contributed by atoms with Crippen LogP contribution in [0.25, 0.3) is 11.1 Å². The molecule has 2 aliphatic rings. The largest absolute Gasteiger partial charge is 0.477 e. The Morgan fingerprint density at radius 3 is 2.38 bits per heavy atom. The van der Waals surface area contributed by atoms with E-state index >= 15 is 0 Å². The fourth-order valence-electron chi connectivity index (χ4n) is 4.61. The molecule has 34 heavy (non-hydrogen) atoms. The highest BCUT2D eigenvalue weighted by atomic mass is 16.5. The van der Waals surface area contributed by atoms with E-state index < -0.39 is 12.1 Å². The quantitative estimate of drug-likeness (QED) is 0.498. The van der Waals surface area contributed by atoms with Gasteiger partial charge in [-0.2, -0.15) is 5.10 Å². The highest BCUT2D eigenvalue weighted by Gasteiger charge is 2.43. The molecule has 2 amide bonds. The average Bonchev–Trinajstić information content (AvgIpc) is 3.43. The van der Waals surface area contributed by atoms with Crippen LogP contribution in [0.15, 0.2) is 54.7 Å². The number of benzene rings is 2. The number of nitrogens with zero attached hydrogens (tertiary/aromatic N) is 2. The summed E-state index contributed by atoms with van der Waals surface area (Å²) in [6.07, 6.45) is 1.28. The van der Waals surface area contributed by atoms with E-state index in [2.05, 4.69) is 40.0 Å². The van der Waals surface area contributed by atoms with E-state index in [9.17, 15) is 19.5 Å². The summed E-state index contributed by atoms with van der Waals surface area (Å²) in [7, 11) is 1.56. The second-order valence-electron chi connectivity index (χ2n) is 8.63. The molecule has 1 saturated carbocycles. The Morgan fingerprint density at radius 1 is 1.09 bits per heavy atom. The van der Waals surface area contributed by atoms with Crippen LogP contribution in [-0.4, -0.2) is 46.0 Å². The Balaban J connectivity index is 1.12. The van der Waals surface area contributed by atoms with Gasteiger partial charge in [0.2, 0.25) is 5.91 Å². The maximum Gasteiger partial charge on any atom is 0.407 e. The summed E-state index contributed by atoms with van der Waals surface area (Å²) in [5.41, 5.74) is 4.55. The highest BCUT2D eigenvalue weighted by molar-refractivity contribution is 6.00. The lowest BCUT2D eigenvalue weighted by molar-refractivity contribution is -0.117. The van der Waals surface area contributed by atoms with Crippen molar-refractivity contribution >= 4 is 23.8 Å². The van der Waals surface area contributed by atoms with Gasteiger partial charge in [0.05, 0.1) is 6.20 Å². The van der Waals surface area contributed by atoms with E-state index in [4.69, 9.17) is 4.74 Å². The van der Waals surface area contributed by atoms with Crippen LogP contribution in [0.2, 0.25) is 0 Å². The van der Waals surface area contributed by atoms with E-state index in [-0.39, 0.29) is 41.6 Å². The van der Waals surface area contributed by atoms with Gasteiger partial charge in [-0.3, -0.25) is 9.48 Å². The number of carbonyl (C=O) groups is 3. The fourth-order valence-corrected chi connectivity index (χ4v) is 4.61. The van der Waals surface area contributed by atoms with Crippen molar-refractivity contribution in [2.75, 3.05) is 18.5 Å². The first-order chi connectivity index (χ1) is 16.4. The van der Waals surface area contributed by atoms with Crippen LogP contribution in [0, 0.1) is 11.8 Å². The van der Waals surface area contributed by atoms with Crippen LogP contribution >= 0.6 is 0 Å². The molecule has 5 rings (SSSR count). The molecule has 0 bridgehead atoms. The molecule has 9 heteroatoms. The number of carboxylic acid groups (broad SMARTS) is 1. The molecule has 0 unspecified atom stereocenters. The number of hydrogen-bond donors (Lipinski definition) is 3. The molecule has 0 radical (unpaired) electrons. The van der Waals surface area contributed by atoms with Gasteiger partial charge >= 0.3 is 12.1 Å². The van der Waals surface area contributed by atoms with Crippen molar-refractivity contribution in [2.24, 2.45) is 18.9 Å². The molecule has 2 aliphatic carbocycles. The van der Waals surface area contributed by atoms with Gasteiger partial charge in [0.15, 0.2) is 0 Å². The number of aryl methyl sites for hydroxylation is 1. The summed E-state index contributed by atoms with van der Waals surface area (Å²) in [6, 6.07) is 16.3. The predicted octanol–water partition coefficient (Wildman–Crippen LogP) is 3.23. The lowest BCUT2D eigenvalue weighted by Gasteiger charge is -2.14. The Kier molecular flexibility index (Phi) is 5.53. The minimum absolute atomic E-state index is 0.0140. The third-order valence-electron chi connectivity index (χ3n) is 6.52. The minimum Gasteiger partial charge on any atom is -0.477 e. The number of carbonyl (C=O) groups excluding carboxylic acids is 2. The molecule has 0 spiro atoms. The number of ether oxygens (including phenoxy) is 1. The van der Waals surface area contributed by atoms with Crippen LogP contribution in [0.5, 0.6) is 0 Å². The molecule has 2 atom stereocenters. The van der Waals surface area contributed by atoms with Crippen LogP contribution in [-0.2, 0) is 16.6 Å². The molecule has 2 aromatic carbocycles. The van der Waals surface area contributed by atoms with Gasteiger partial charge in [-0.15, -0.1) is 0 Å². The number of aromatic nitrogens is 2. The van der Waals surface area contributed by atoms with Crippen molar-refractivity contribution in [2.45, 2.75) is 12.3 Å². The van der Waals surface area contributed by atoms with Crippen LogP contribution in [0.4, 0.5) is 10.6 Å². The molecule has 0 saturated heterocycles. The molecule has 1 fully saturated rings. The van der Waals surface area contributed by atoms with Gasteiger partial charge in [0.25, 0.3) is 0 Å². The van der Waals surface area contributed by atoms with Crippen LogP contribution in [0.3, 0.4) is 0 Å². The third-order valence-corrected chi connectivity index (χ3v) is 6.52. The van der Waals surface area contributed by atoms with E-state index in [0.717, 1.165) is 11.1 Å². The normalized spacial score (nSPS) is 18.0. The van der Waals surface area contributed by atoms with Crippen molar-refractivity contribution in [1.29, 1.82) is 0 Å². The zero-order valence-electron chi connectivity index (χ0n) is 18.5. The van der Waals surface area contributed by atoms with Gasteiger partial charge < -0.3 is 20.5 Å². The Labute approximate surface area is 195 Å². The van der Waals surface area contributed by atoms with Gasteiger partial charge in [0.1, 0.15) is 18.0 Å². The Bertz CT molecular complexity index is 1240. The number of nitrogens with one attached hydrogen (secondary N) is 2. The number of hydrogen-bond acceptors (Lipinski definition) is 5. The van der Waals surface area contributed by atoms with Crippen molar-refractivity contribution < 1.29 is 24.2 Å². The molecular formula is C25H24N4O5. The monoisotopic (exact) mass is 460 g/mol. The number of carboxylic acids is 1. The van der Waals surface area contributed by atoms with Crippen molar-refractivity contribution in [1.82, 2.24) is 15.1 Å². The maximum absolute atomic E-state index is 12.5. The Morgan fingerprint density at radius 2 is 1.74 bits per heavy atom. The maximum atomic E-state index is 12.5. The number of amides is 2. The molecular weight excluding hydrogens is 436 g/mol. The molecule has 0 aliphatic heterocycles. The number of anilines is 1. The summed E-state index contributed by atoms with van der Waals surface area (Å²) in [5, 5.41) is 18.5. The zero-order valence-corrected chi connectivity index (χ0v) is 18.5. The highest BCUT2D eigenvalue weighted by Crippen LogP contribution is 2.44. The van der Waals surface area contributed by atoms with Gasteiger partial charge in [0, 0.05) is 25.4 Å². The number of alkyl carbamates (subject to hydrolysis) is 1. The van der Waals surface area contributed by atoms with Crippen LogP contribution in [0.1, 0.15) is 33.8 Å². The first kappa shape index (κ1) is 21.7. The van der Waals surface area contributed by atoms with Gasteiger partial charge in [-0.05, 0) is 34.6 Å². The SMILES string of the molecule is Cn1ncc(C(=O)O)c1NC(=O)[C@H]1C[C@H]1CNC(=O)OCC1c2ccccc2-c2ccccc21. The Hall–Kier alpha value is -4.14. The molecule has 174 valence electrons. The number of rotatable bonds is 7. The summed E-state index contributed by atoms with van der Waals surface area (Å²) >= 11 is 0. The van der Waals surface area contributed by atoms with E-state index in [0.29, 0.717) is 13.0 Å². The number of aromatic carboxylic acids is 1. The number of fused-ring (bicyclic) bond motifs is 3. The van der Waals surface area contributed by atoms with E-state index in [1.807, 2.05) is 24.3 Å². The fraction of sp³-hybridized carbons (Fsp3) is 0.280.